The molecule has 3 heterocycles. The molecule has 0 saturated heterocycles. The number of carboxylic acids is 1. The van der Waals surface area contributed by atoms with Crippen LogP contribution in [0.25, 0.3) is 0 Å². The Hall–Kier alpha value is -4.33. The van der Waals surface area contributed by atoms with Crippen molar-refractivity contribution in [1.29, 1.82) is 0 Å². The quantitative estimate of drug-likeness (QED) is 0.264. The fourth-order valence-electron chi connectivity index (χ4n) is 3.61. The van der Waals surface area contributed by atoms with E-state index in [0.29, 0.717) is 6.61 Å². The minimum atomic E-state index is -2.58. The third kappa shape index (κ3) is 8.86. The molecule has 0 aliphatic carbocycles. The van der Waals surface area contributed by atoms with E-state index in [4.69, 9.17) is 9.15 Å². The van der Waals surface area contributed by atoms with Crippen LogP contribution in [0, 0.1) is 27.7 Å². The van der Waals surface area contributed by atoms with E-state index in [1.54, 1.807) is 48.0 Å². The van der Waals surface area contributed by atoms with Crippen molar-refractivity contribution >= 4 is 5.97 Å². The maximum Gasteiger partial charge on any atom is 0.365 e. The van der Waals surface area contributed by atoms with Crippen molar-refractivity contribution in [3.63, 3.8) is 0 Å². The molecule has 1 N–H and O–H groups in total. The molecule has 0 radical (unpaired) electrons. The van der Waals surface area contributed by atoms with E-state index in [1.807, 2.05) is 64.1 Å². The molecule has 0 fully saturated rings. The molecule has 2 atom stereocenters. The number of rotatable bonds is 10. The first kappa shape index (κ1) is 31.9. The van der Waals surface area contributed by atoms with Crippen molar-refractivity contribution in [2.24, 2.45) is 0 Å². The number of alkyl halides is 1. The first-order valence-electron chi connectivity index (χ1n) is 13.1. The van der Waals surface area contributed by atoms with Crippen LogP contribution in [-0.2, 0) is 17.1 Å². The van der Waals surface area contributed by atoms with Gasteiger partial charge in [0, 0.05) is 24.3 Å². The highest BCUT2D eigenvalue weighted by Crippen LogP contribution is 2.23. The molecule has 3 rings (SSSR count). The zero-order valence-corrected chi connectivity index (χ0v) is 24.2. The highest BCUT2D eigenvalue weighted by molar-refractivity contribution is 5.74. The van der Waals surface area contributed by atoms with Gasteiger partial charge in [-0.3, -0.25) is 0 Å². The van der Waals surface area contributed by atoms with Crippen LogP contribution in [0.1, 0.15) is 48.4 Å². The van der Waals surface area contributed by atoms with Crippen LogP contribution < -0.4 is 4.74 Å². The molecule has 0 aromatic carbocycles. The van der Waals surface area contributed by atoms with Gasteiger partial charge in [0.2, 0.25) is 5.89 Å². The van der Waals surface area contributed by atoms with E-state index in [0.717, 1.165) is 38.9 Å². The third-order valence-electron chi connectivity index (χ3n) is 6.14. The predicted molar refractivity (Wildman–Crippen MR) is 157 cm³/mol. The Morgan fingerprint density at radius 3 is 2.40 bits per heavy atom. The first-order valence-corrected chi connectivity index (χ1v) is 13.1. The molecule has 0 aliphatic rings. The number of ether oxygens (including phenoxy) is 1. The smallest absolute Gasteiger partial charge is 0.365 e. The van der Waals surface area contributed by atoms with Gasteiger partial charge in [-0.1, -0.05) is 49.9 Å². The van der Waals surface area contributed by atoms with E-state index in [-0.39, 0.29) is 12.5 Å². The molecular formula is C32H40FN3O4. The van der Waals surface area contributed by atoms with Gasteiger partial charge >= 0.3 is 11.8 Å². The number of nitrogens with zero attached hydrogens (tertiary/aromatic N) is 3. The van der Waals surface area contributed by atoms with Gasteiger partial charge in [-0.2, -0.15) is 0 Å². The fraction of sp³-hybridized carbons (Fsp3) is 0.312. The van der Waals surface area contributed by atoms with Crippen LogP contribution in [0.2, 0.25) is 0 Å². The molecule has 0 aliphatic heterocycles. The van der Waals surface area contributed by atoms with Crippen LogP contribution in [0.15, 0.2) is 96.4 Å². The Morgan fingerprint density at radius 2 is 1.82 bits per heavy atom. The summed E-state index contributed by atoms with van der Waals surface area (Å²) in [5.74, 6) is -1.53. The average molecular weight is 550 g/mol. The molecule has 3 aromatic heterocycles. The van der Waals surface area contributed by atoms with E-state index in [1.165, 1.54) is 12.4 Å². The number of aryl methyl sites for hydroxylation is 4. The average Bonchev–Trinajstić information content (AvgIpc) is 3.59. The molecule has 0 spiro atoms. The molecular weight excluding hydrogens is 509 g/mol. The molecule has 0 bridgehead atoms. The van der Waals surface area contributed by atoms with Gasteiger partial charge in [0.1, 0.15) is 11.5 Å². The number of carbonyl (C=O) groups is 1. The summed E-state index contributed by atoms with van der Waals surface area (Å²) in [5, 5.41) is 9.45. The van der Waals surface area contributed by atoms with E-state index < -0.39 is 11.8 Å². The van der Waals surface area contributed by atoms with Gasteiger partial charge in [0.15, 0.2) is 0 Å². The fourth-order valence-corrected chi connectivity index (χ4v) is 3.61. The number of hydrogen-bond donors (Lipinski definition) is 1. The van der Waals surface area contributed by atoms with Crippen molar-refractivity contribution in [3.05, 3.63) is 121 Å². The first-order chi connectivity index (χ1) is 19.0. The largest absolute Gasteiger partial charge is 0.494 e. The van der Waals surface area contributed by atoms with E-state index >= 15 is 4.39 Å². The summed E-state index contributed by atoms with van der Waals surface area (Å²) in [6.07, 6.45) is 14.1. The number of allylic oxidation sites excluding steroid dienone is 5. The molecule has 0 amide bonds. The second-order valence-corrected chi connectivity index (χ2v) is 9.23. The zero-order valence-electron chi connectivity index (χ0n) is 24.2. The predicted octanol–water partition coefficient (Wildman–Crippen LogP) is 7.53. The summed E-state index contributed by atoms with van der Waals surface area (Å²) >= 11 is 0. The number of hydrogen-bond acceptors (Lipinski definition) is 4. The summed E-state index contributed by atoms with van der Waals surface area (Å²) in [4.78, 5) is 15.9. The molecule has 3 aromatic rings. The molecule has 8 heteroatoms. The Morgan fingerprint density at radius 1 is 1.12 bits per heavy atom. The van der Waals surface area contributed by atoms with Crippen molar-refractivity contribution in [1.82, 2.24) is 14.1 Å². The molecule has 40 heavy (non-hydrogen) atoms. The Balaban J connectivity index is 0.000000319. The highest BCUT2D eigenvalue weighted by atomic mass is 19.1. The number of carboxylic acid groups (broad SMARTS) is 1. The maximum absolute atomic E-state index is 15.3. The molecule has 214 valence electrons. The lowest BCUT2D eigenvalue weighted by Gasteiger charge is -2.24. The second-order valence-electron chi connectivity index (χ2n) is 9.23. The molecule has 2 unspecified atom stereocenters. The van der Waals surface area contributed by atoms with Crippen LogP contribution in [0.5, 0.6) is 5.75 Å². The van der Waals surface area contributed by atoms with Crippen LogP contribution in [0.3, 0.4) is 0 Å². The van der Waals surface area contributed by atoms with Gasteiger partial charge < -0.3 is 23.4 Å². The van der Waals surface area contributed by atoms with Gasteiger partial charge in [0.05, 0.1) is 24.8 Å². The summed E-state index contributed by atoms with van der Waals surface area (Å²) in [7, 11) is 0. The minimum Gasteiger partial charge on any atom is -0.494 e. The van der Waals surface area contributed by atoms with Crippen LogP contribution in [-0.4, -0.2) is 31.8 Å². The summed E-state index contributed by atoms with van der Waals surface area (Å²) < 4.78 is 29.0. The number of halogens is 1. The Labute approximate surface area is 236 Å². The Kier molecular flexibility index (Phi) is 12.2. The van der Waals surface area contributed by atoms with E-state index in [2.05, 4.69) is 18.5 Å². The SMILES string of the molecule is C=C/C=C\C=C/C(C)c1nc(C)c(C)o1.CCOc1cccn(CC(F)(C(=O)O)n2cccc2)c(C)ccc1C. The van der Waals surface area contributed by atoms with Crippen molar-refractivity contribution in [2.45, 2.75) is 59.8 Å². The normalized spacial score (nSPS) is 13.3. The van der Waals surface area contributed by atoms with Gasteiger partial charge in [-0.05, 0) is 70.5 Å². The standard InChI is InChI=1S/C19H23FN2O3.C13H17NO/c1-4-25-17-8-7-11-21(16(3)10-9-15(17)2)14-19(20,18(23)24)22-12-5-6-13-22;1-5-6-7-8-9-10(2)13-14-11(3)12(4)15-13/h5-13H,4,14H2,1-3H3,(H,23,24);5-10H,1H2,2-4H3/b;7-6-,9-8-. The lowest BCUT2D eigenvalue weighted by molar-refractivity contribution is -0.160. The highest BCUT2D eigenvalue weighted by Gasteiger charge is 2.40. The third-order valence-corrected chi connectivity index (χ3v) is 6.14. The summed E-state index contributed by atoms with van der Waals surface area (Å²) in [6.45, 7) is 15.3. The van der Waals surface area contributed by atoms with Gasteiger partial charge in [0.25, 0.3) is 0 Å². The van der Waals surface area contributed by atoms with Gasteiger partial charge in [-0.25, -0.2) is 14.2 Å². The lowest BCUT2D eigenvalue weighted by atomic mass is 10.1. The zero-order chi connectivity index (χ0) is 29.7. The second kappa shape index (κ2) is 15.3. The summed E-state index contributed by atoms with van der Waals surface area (Å²) in [5.41, 5.74) is 2.62. The number of oxazole rings is 1. The maximum atomic E-state index is 15.3. The van der Waals surface area contributed by atoms with Crippen LogP contribution >= 0.6 is 0 Å². The Bertz CT molecular complexity index is 1350. The van der Waals surface area contributed by atoms with E-state index in [9.17, 15) is 9.90 Å². The number of aromatic nitrogens is 3. The van der Waals surface area contributed by atoms with Crippen molar-refractivity contribution in [3.8, 4) is 5.75 Å². The van der Waals surface area contributed by atoms with Crippen molar-refractivity contribution < 1.29 is 23.4 Å². The van der Waals surface area contributed by atoms with Crippen molar-refractivity contribution in [2.75, 3.05) is 6.61 Å². The van der Waals surface area contributed by atoms with Gasteiger partial charge in [-0.15, -0.1) is 0 Å². The number of aliphatic carboxylic acids is 1. The lowest BCUT2D eigenvalue weighted by Crippen LogP contribution is -2.41. The minimum absolute atomic E-state index is 0.201. The topological polar surface area (TPSA) is 82.4 Å². The summed E-state index contributed by atoms with van der Waals surface area (Å²) in [6, 6.07) is 10.4. The monoisotopic (exact) mass is 549 g/mol. The molecule has 7 nitrogen and oxygen atoms in total. The van der Waals surface area contributed by atoms with Crippen LogP contribution in [0.4, 0.5) is 4.39 Å². The molecule has 0 saturated carbocycles.